The van der Waals surface area contributed by atoms with Crippen LogP contribution in [0.4, 0.5) is 5.69 Å². The van der Waals surface area contributed by atoms with Crippen LogP contribution in [0.15, 0.2) is 30.3 Å². The first-order chi connectivity index (χ1) is 7.74. The van der Waals surface area contributed by atoms with Crippen molar-refractivity contribution in [3.05, 3.63) is 35.9 Å². The van der Waals surface area contributed by atoms with E-state index in [1.807, 2.05) is 12.1 Å². The predicted molar refractivity (Wildman–Crippen MR) is 68.0 cm³/mol. The molecule has 1 fully saturated rings. The Balaban J connectivity index is 1.95. The first-order valence-corrected chi connectivity index (χ1v) is 6.02. The van der Waals surface area contributed by atoms with E-state index in [9.17, 15) is 0 Å². The number of nitrogens with two attached hydrogens (primary N) is 1. The molecule has 1 unspecified atom stereocenters. The van der Waals surface area contributed by atoms with Crippen LogP contribution in [-0.4, -0.2) is 24.0 Å². The molecule has 84 valence electrons. The molecular weight excluding hydrogens is 196 g/mol. The second-order valence-corrected chi connectivity index (χ2v) is 4.99. The van der Waals surface area contributed by atoms with Gasteiger partial charge in [-0.2, -0.15) is 0 Å². The summed E-state index contributed by atoms with van der Waals surface area (Å²) in [6.45, 7) is 0. The zero-order valence-corrected chi connectivity index (χ0v) is 9.69. The minimum Gasteiger partial charge on any atom is -0.399 e. The van der Waals surface area contributed by atoms with Crippen molar-refractivity contribution in [2.24, 2.45) is 0 Å². The monoisotopic (exact) mass is 214 g/mol. The number of anilines is 1. The average molecular weight is 214 g/mol. The van der Waals surface area contributed by atoms with E-state index in [1.54, 1.807) is 0 Å². The molecule has 2 heterocycles. The van der Waals surface area contributed by atoms with Gasteiger partial charge in [-0.3, -0.25) is 4.90 Å². The summed E-state index contributed by atoms with van der Waals surface area (Å²) in [5.41, 5.74) is 9.50. The molecule has 2 aliphatic rings. The maximum absolute atomic E-state index is 5.84. The first-order valence-electron chi connectivity index (χ1n) is 6.02. The number of rotatable bonds is 1. The Hall–Kier alpha value is -1.28. The Bertz CT molecular complexity index is 436. The summed E-state index contributed by atoms with van der Waals surface area (Å²) in [7, 11) is 2.25. The number of hydrogen-bond donors (Lipinski definition) is 1. The highest BCUT2D eigenvalue weighted by Crippen LogP contribution is 2.37. The number of fused-ring (bicyclic) bond motifs is 2. The number of likely N-dealkylation sites (N-methyl/N-ethyl adjacent to an activating group) is 1. The van der Waals surface area contributed by atoms with Crippen LogP contribution in [0.25, 0.3) is 5.57 Å². The predicted octanol–water partition coefficient (Wildman–Crippen LogP) is 2.52. The lowest BCUT2D eigenvalue weighted by molar-refractivity contribution is 0.264. The zero-order valence-electron chi connectivity index (χ0n) is 9.69. The maximum Gasteiger partial charge on any atom is 0.0320 e. The van der Waals surface area contributed by atoms with Crippen molar-refractivity contribution in [3.63, 3.8) is 0 Å². The second kappa shape index (κ2) is 3.63. The van der Waals surface area contributed by atoms with Crippen molar-refractivity contribution >= 4 is 11.3 Å². The van der Waals surface area contributed by atoms with E-state index >= 15 is 0 Å². The van der Waals surface area contributed by atoms with E-state index in [-0.39, 0.29) is 0 Å². The van der Waals surface area contributed by atoms with Crippen LogP contribution in [-0.2, 0) is 0 Å². The van der Waals surface area contributed by atoms with Crippen LogP contribution in [0.5, 0.6) is 0 Å². The fourth-order valence-electron chi connectivity index (χ4n) is 2.99. The van der Waals surface area contributed by atoms with E-state index < -0.39 is 0 Å². The van der Waals surface area contributed by atoms with Crippen LogP contribution in [0.2, 0.25) is 0 Å². The van der Waals surface area contributed by atoms with Crippen molar-refractivity contribution in [2.45, 2.75) is 31.3 Å². The largest absolute Gasteiger partial charge is 0.399 e. The summed E-state index contributed by atoms with van der Waals surface area (Å²) in [5, 5.41) is 0. The molecular formula is C14H18N2. The molecule has 16 heavy (non-hydrogen) atoms. The molecule has 0 radical (unpaired) electrons. The summed E-state index contributed by atoms with van der Waals surface area (Å²) >= 11 is 0. The third-order valence-electron chi connectivity index (χ3n) is 4.00. The lowest BCUT2D eigenvalue weighted by Crippen LogP contribution is -2.34. The van der Waals surface area contributed by atoms with Crippen LogP contribution >= 0.6 is 0 Å². The molecule has 0 aliphatic carbocycles. The summed E-state index contributed by atoms with van der Waals surface area (Å²) in [4.78, 5) is 2.51. The smallest absolute Gasteiger partial charge is 0.0320 e. The fourth-order valence-corrected chi connectivity index (χ4v) is 2.99. The van der Waals surface area contributed by atoms with Crippen molar-refractivity contribution in [1.29, 1.82) is 0 Å². The minimum atomic E-state index is 0.648. The molecule has 0 amide bonds. The molecule has 1 aromatic rings. The molecule has 2 aliphatic heterocycles. The quantitative estimate of drug-likeness (QED) is 0.728. The number of hydrogen-bond acceptors (Lipinski definition) is 2. The molecule has 1 saturated heterocycles. The molecule has 2 nitrogen and oxygen atoms in total. The standard InChI is InChI=1S/C14H18N2/c1-16-13-5-6-14(16)9-11(8-13)10-3-2-4-12(15)7-10/h2-4,7-8,13-14H,5-6,9,15H2,1H3/t13-,14?/m0/s1. The van der Waals surface area contributed by atoms with Gasteiger partial charge < -0.3 is 5.73 Å². The van der Waals surface area contributed by atoms with Gasteiger partial charge in [0.1, 0.15) is 0 Å². The third-order valence-corrected chi connectivity index (χ3v) is 4.00. The molecule has 3 rings (SSSR count). The van der Waals surface area contributed by atoms with Crippen molar-refractivity contribution in [2.75, 3.05) is 12.8 Å². The van der Waals surface area contributed by atoms with Gasteiger partial charge in [-0.05, 0) is 49.6 Å². The lowest BCUT2D eigenvalue weighted by Gasteiger charge is -2.30. The fraction of sp³-hybridized carbons (Fsp3) is 0.429. The average Bonchev–Trinajstić information content (AvgIpc) is 2.53. The normalized spacial score (nSPS) is 29.2. The molecule has 2 heteroatoms. The summed E-state index contributed by atoms with van der Waals surface area (Å²) in [6, 6.07) is 9.66. The first kappa shape index (κ1) is 9.91. The Labute approximate surface area is 96.7 Å². The van der Waals surface area contributed by atoms with Gasteiger partial charge in [-0.15, -0.1) is 0 Å². The van der Waals surface area contributed by atoms with Gasteiger partial charge in [0.25, 0.3) is 0 Å². The molecule has 0 aromatic heterocycles. The Kier molecular flexibility index (Phi) is 2.25. The van der Waals surface area contributed by atoms with E-state index in [2.05, 4.69) is 30.2 Å². The van der Waals surface area contributed by atoms with Gasteiger partial charge >= 0.3 is 0 Å². The van der Waals surface area contributed by atoms with E-state index in [1.165, 1.54) is 30.4 Å². The van der Waals surface area contributed by atoms with Gasteiger partial charge in [0.05, 0.1) is 0 Å². The van der Waals surface area contributed by atoms with Gasteiger partial charge in [-0.1, -0.05) is 18.2 Å². The number of nitrogen functional groups attached to an aromatic ring is 1. The van der Waals surface area contributed by atoms with Crippen molar-refractivity contribution in [3.8, 4) is 0 Å². The SMILES string of the molecule is CN1C2CC[C@H]1C=C(c1cccc(N)c1)C2. The number of nitrogens with zero attached hydrogens (tertiary/aromatic N) is 1. The van der Waals surface area contributed by atoms with E-state index in [0.717, 1.165) is 11.7 Å². The van der Waals surface area contributed by atoms with Crippen LogP contribution < -0.4 is 5.73 Å². The van der Waals surface area contributed by atoms with Crippen LogP contribution in [0.3, 0.4) is 0 Å². The lowest BCUT2D eigenvalue weighted by atomic mass is 9.95. The van der Waals surface area contributed by atoms with Crippen LogP contribution in [0.1, 0.15) is 24.8 Å². The second-order valence-electron chi connectivity index (χ2n) is 4.99. The Morgan fingerprint density at radius 2 is 2.19 bits per heavy atom. The molecule has 0 spiro atoms. The van der Waals surface area contributed by atoms with Crippen molar-refractivity contribution < 1.29 is 0 Å². The molecule has 2 atom stereocenters. The highest BCUT2D eigenvalue weighted by Gasteiger charge is 2.33. The van der Waals surface area contributed by atoms with Gasteiger partial charge in [-0.25, -0.2) is 0 Å². The zero-order chi connectivity index (χ0) is 11.1. The highest BCUT2D eigenvalue weighted by atomic mass is 15.2. The maximum atomic E-state index is 5.84. The molecule has 2 N–H and O–H groups in total. The van der Waals surface area contributed by atoms with E-state index in [0.29, 0.717) is 6.04 Å². The number of benzene rings is 1. The summed E-state index contributed by atoms with van der Waals surface area (Å²) in [6.07, 6.45) is 6.26. The van der Waals surface area contributed by atoms with E-state index in [4.69, 9.17) is 5.73 Å². The van der Waals surface area contributed by atoms with Crippen LogP contribution in [0, 0.1) is 0 Å². The van der Waals surface area contributed by atoms with Crippen molar-refractivity contribution in [1.82, 2.24) is 4.90 Å². The van der Waals surface area contributed by atoms with Gasteiger partial charge in [0, 0.05) is 17.8 Å². The Morgan fingerprint density at radius 1 is 1.31 bits per heavy atom. The molecule has 1 aromatic carbocycles. The highest BCUT2D eigenvalue weighted by molar-refractivity contribution is 5.70. The summed E-state index contributed by atoms with van der Waals surface area (Å²) in [5.74, 6) is 0. The topological polar surface area (TPSA) is 29.3 Å². The van der Waals surface area contributed by atoms with Gasteiger partial charge in [0.15, 0.2) is 0 Å². The summed E-state index contributed by atoms with van der Waals surface area (Å²) < 4.78 is 0. The third kappa shape index (κ3) is 1.54. The minimum absolute atomic E-state index is 0.648. The molecule has 2 bridgehead atoms. The molecule has 0 saturated carbocycles. The van der Waals surface area contributed by atoms with Gasteiger partial charge in [0.2, 0.25) is 0 Å². The Morgan fingerprint density at radius 3 is 2.94 bits per heavy atom.